The predicted molar refractivity (Wildman–Crippen MR) is 63.4 cm³/mol. The fraction of sp³-hybridized carbons (Fsp3) is 0.500. The van der Waals surface area contributed by atoms with Crippen molar-refractivity contribution in [1.29, 1.82) is 0 Å². The molecule has 0 saturated heterocycles. The number of aliphatic hydroxyl groups excluding tert-OH is 1. The van der Waals surface area contributed by atoms with Gasteiger partial charge in [0.1, 0.15) is 5.78 Å². The highest BCUT2D eigenvalue weighted by Crippen LogP contribution is 2.35. The van der Waals surface area contributed by atoms with Gasteiger partial charge < -0.3 is 5.11 Å². The lowest BCUT2D eigenvalue weighted by Gasteiger charge is -2.18. The summed E-state index contributed by atoms with van der Waals surface area (Å²) in [4.78, 5) is 12.2. The maximum Gasteiger partial charge on any atom is 0.145 e. The van der Waals surface area contributed by atoms with Crippen LogP contribution in [0.2, 0.25) is 0 Å². The molecule has 0 heterocycles. The number of ketones is 1. The second kappa shape index (κ2) is 4.38. The molecule has 2 nitrogen and oxygen atoms in total. The first-order chi connectivity index (χ1) is 7.61. The zero-order valence-electron chi connectivity index (χ0n) is 9.81. The molecule has 0 aromatic heterocycles. The Morgan fingerprint density at radius 3 is 2.75 bits per heavy atom. The molecule has 2 rings (SSSR count). The Morgan fingerprint density at radius 1 is 1.38 bits per heavy atom. The van der Waals surface area contributed by atoms with E-state index in [9.17, 15) is 9.90 Å². The molecule has 0 amide bonds. The van der Waals surface area contributed by atoms with Crippen molar-refractivity contribution in [2.24, 2.45) is 5.92 Å². The van der Waals surface area contributed by atoms with Gasteiger partial charge in [0, 0.05) is 11.8 Å². The van der Waals surface area contributed by atoms with E-state index in [2.05, 4.69) is 6.07 Å². The molecule has 86 valence electrons. The number of aliphatic hydroxyl groups is 1. The van der Waals surface area contributed by atoms with Crippen LogP contribution in [0, 0.1) is 5.92 Å². The number of benzene rings is 1. The number of Topliss-reactive ketones (excluding diaryl/α,β-unsaturated/α-hetero) is 1. The SMILES string of the molecule is C[C@H](C(=O)[C@@H]1CCc2ccccc21)[C@@H](C)O. The molecule has 0 bridgehead atoms. The van der Waals surface area contributed by atoms with Crippen molar-refractivity contribution in [2.45, 2.75) is 38.7 Å². The first-order valence-electron chi connectivity index (χ1n) is 5.91. The Kier molecular flexibility index (Phi) is 3.10. The quantitative estimate of drug-likeness (QED) is 0.845. The van der Waals surface area contributed by atoms with Crippen LogP contribution in [-0.2, 0) is 11.2 Å². The standard InChI is InChI=1S/C14H18O2/c1-9(10(2)15)14(16)13-8-7-11-5-3-4-6-12(11)13/h3-6,9-10,13,15H,7-8H2,1-2H3/t9-,10+,13+/m0/s1. The molecule has 0 radical (unpaired) electrons. The van der Waals surface area contributed by atoms with E-state index in [-0.39, 0.29) is 17.6 Å². The van der Waals surface area contributed by atoms with Gasteiger partial charge in [-0.15, -0.1) is 0 Å². The molecule has 3 atom stereocenters. The Labute approximate surface area is 96.3 Å². The average molecular weight is 218 g/mol. The summed E-state index contributed by atoms with van der Waals surface area (Å²) in [6.07, 6.45) is 1.33. The smallest absolute Gasteiger partial charge is 0.145 e. The van der Waals surface area contributed by atoms with Gasteiger partial charge in [0.25, 0.3) is 0 Å². The van der Waals surface area contributed by atoms with Gasteiger partial charge in [-0.1, -0.05) is 31.2 Å². The third-order valence-corrected chi connectivity index (χ3v) is 3.65. The van der Waals surface area contributed by atoms with Crippen LogP contribution in [0.25, 0.3) is 0 Å². The van der Waals surface area contributed by atoms with Crippen molar-refractivity contribution < 1.29 is 9.90 Å². The number of hydrogen-bond acceptors (Lipinski definition) is 2. The third kappa shape index (κ3) is 1.90. The summed E-state index contributed by atoms with van der Waals surface area (Å²) < 4.78 is 0. The van der Waals surface area contributed by atoms with Crippen molar-refractivity contribution >= 4 is 5.78 Å². The number of rotatable bonds is 3. The molecule has 0 unspecified atom stereocenters. The number of carbonyl (C=O) groups excluding carboxylic acids is 1. The lowest BCUT2D eigenvalue weighted by molar-refractivity contribution is -0.126. The predicted octanol–water partition coefficient (Wildman–Crippen LogP) is 2.30. The summed E-state index contributed by atoms with van der Waals surface area (Å²) in [5, 5.41) is 9.48. The molecular formula is C14H18O2. The fourth-order valence-electron chi connectivity index (χ4n) is 2.41. The highest BCUT2D eigenvalue weighted by molar-refractivity contribution is 5.89. The minimum absolute atomic E-state index is 0.000741. The van der Waals surface area contributed by atoms with Gasteiger partial charge in [-0.05, 0) is 30.9 Å². The topological polar surface area (TPSA) is 37.3 Å². The van der Waals surface area contributed by atoms with E-state index in [1.807, 2.05) is 25.1 Å². The van der Waals surface area contributed by atoms with E-state index in [1.54, 1.807) is 6.92 Å². The number of carbonyl (C=O) groups is 1. The first-order valence-corrected chi connectivity index (χ1v) is 5.91. The van der Waals surface area contributed by atoms with E-state index in [0.717, 1.165) is 12.8 Å². The van der Waals surface area contributed by atoms with Gasteiger partial charge >= 0.3 is 0 Å². The molecule has 1 aromatic carbocycles. The van der Waals surface area contributed by atoms with Crippen LogP contribution in [-0.4, -0.2) is 17.0 Å². The third-order valence-electron chi connectivity index (χ3n) is 3.65. The summed E-state index contributed by atoms with van der Waals surface area (Å²) in [6, 6.07) is 8.14. The van der Waals surface area contributed by atoms with Gasteiger partial charge in [-0.2, -0.15) is 0 Å². The van der Waals surface area contributed by atoms with Crippen molar-refractivity contribution in [2.75, 3.05) is 0 Å². The van der Waals surface area contributed by atoms with Crippen LogP contribution in [0.5, 0.6) is 0 Å². The van der Waals surface area contributed by atoms with Gasteiger partial charge in [0.05, 0.1) is 6.10 Å². The summed E-state index contributed by atoms with van der Waals surface area (Å²) in [7, 11) is 0. The van der Waals surface area contributed by atoms with Crippen molar-refractivity contribution in [1.82, 2.24) is 0 Å². The normalized spacial score (nSPS) is 22.6. The molecule has 1 aliphatic rings. The molecule has 0 aliphatic heterocycles. The number of fused-ring (bicyclic) bond motifs is 1. The molecule has 16 heavy (non-hydrogen) atoms. The largest absolute Gasteiger partial charge is 0.393 e. The van der Waals surface area contributed by atoms with Gasteiger partial charge in [0.15, 0.2) is 0 Å². The second-order valence-corrected chi connectivity index (χ2v) is 4.72. The van der Waals surface area contributed by atoms with E-state index in [4.69, 9.17) is 0 Å². The second-order valence-electron chi connectivity index (χ2n) is 4.72. The number of hydrogen-bond donors (Lipinski definition) is 1. The minimum atomic E-state index is -0.555. The summed E-state index contributed by atoms with van der Waals surface area (Å²) in [5.41, 5.74) is 2.46. The van der Waals surface area contributed by atoms with Crippen LogP contribution >= 0.6 is 0 Å². The van der Waals surface area contributed by atoms with Crippen LogP contribution in [0.15, 0.2) is 24.3 Å². The Balaban J connectivity index is 2.22. The lowest BCUT2D eigenvalue weighted by atomic mass is 9.87. The Bertz CT molecular complexity index is 395. The van der Waals surface area contributed by atoms with Gasteiger partial charge in [0.2, 0.25) is 0 Å². The highest BCUT2D eigenvalue weighted by Gasteiger charge is 2.32. The molecule has 1 aromatic rings. The monoisotopic (exact) mass is 218 g/mol. The maximum atomic E-state index is 12.2. The molecule has 0 fully saturated rings. The first kappa shape index (κ1) is 11.3. The Morgan fingerprint density at radius 2 is 2.06 bits per heavy atom. The van der Waals surface area contributed by atoms with Crippen molar-refractivity contribution in [3.8, 4) is 0 Å². The summed E-state index contributed by atoms with van der Waals surface area (Å²) in [6.45, 7) is 3.50. The fourth-order valence-corrected chi connectivity index (χ4v) is 2.41. The zero-order valence-corrected chi connectivity index (χ0v) is 9.81. The zero-order chi connectivity index (χ0) is 11.7. The van der Waals surface area contributed by atoms with E-state index < -0.39 is 6.10 Å². The van der Waals surface area contributed by atoms with Gasteiger partial charge in [-0.25, -0.2) is 0 Å². The summed E-state index contributed by atoms with van der Waals surface area (Å²) in [5.74, 6) is -0.0862. The molecular weight excluding hydrogens is 200 g/mol. The van der Waals surface area contributed by atoms with E-state index in [1.165, 1.54) is 11.1 Å². The number of aryl methyl sites for hydroxylation is 1. The Hall–Kier alpha value is -1.15. The highest BCUT2D eigenvalue weighted by atomic mass is 16.3. The average Bonchev–Trinajstić information content (AvgIpc) is 2.70. The molecule has 2 heteroatoms. The van der Waals surface area contributed by atoms with E-state index >= 15 is 0 Å². The van der Waals surface area contributed by atoms with Crippen LogP contribution < -0.4 is 0 Å². The maximum absolute atomic E-state index is 12.2. The lowest BCUT2D eigenvalue weighted by Crippen LogP contribution is -2.27. The van der Waals surface area contributed by atoms with Crippen molar-refractivity contribution in [3.05, 3.63) is 35.4 Å². The molecule has 1 aliphatic carbocycles. The van der Waals surface area contributed by atoms with Crippen LogP contribution in [0.3, 0.4) is 0 Å². The van der Waals surface area contributed by atoms with Gasteiger partial charge in [-0.3, -0.25) is 4.79 Å². The van der Waals surface area contributed by atoms with E-state index in [0.29, 0.717) is 0 Å². The molecule has 0 spiro atoms. The summed E-state index contributed by atoms with van der Waals surface area (Å²) >= 11 is 0. The molecule has 1 N–H and O–H groups in total. The van der Waals surface area contributed by atoms with Crippen molar-refractivity contribution in [3.63, 3.8) is 0 Å². The minimum Gasteiger partial charge on any atom is -0.393 e. The molecule has 0 saturated carbocycles. The van der Waals surface area contributed by atoms with Crippen LogP contribution in [0.4, 0.5) is 0 Å². The van der Waals surface area contributed by atoms with Crippen LogP contribution in [0.1, 0.15) is 37.3 Å².